The number of aryl methyl sites for hydroxylation is 1. The molecule has 0 radical (unpaired) electrons. The highest BCUT2D eigenvalue weighted by molar-refractivity contribution is 7.13. The van der Waals surface area contributed by atoms with Crippen molar-refractivity contribution in [2.45, 2.75) is 20.0 Å². The number of carbonyl (C=O) groups excluding carboxylic acids is 2. The predicted octanol–water partition coefficient (Wildman–Crippen LogP) is 4.03. The van der Waals surface area contributed by atoms with E-state index in [9.17, 15) is 9.59 Å². The molecule has 0 saturated heterocycles. The van der Waals surface area contributed by atoms with Gasteiger partial charge in [0.05, 0.1) is 0 Å². The second-order valence-electron chi connectivity index (χ2n) is 6.51. The maximum absolute atomic E-state index is 12.4. The molecule has 4 rings (SSSR count). The van der Waals surface area contributed by atoms with Crippen LogP contribution in [-0.2, 0) is 9.53 Å². The third kappa shape index (κ3) is 4.22. The molecule has 0 spiro atoms. The molecule has 3 aromatic rings. The van der Waals surface area contributed by atoms with Gasteiger partial charge in [0.25, 0.3) is 5.91 Å². The van der Waals surface area contributed by atoms with Gasteiger partial charge in [0.2, 0.25) is 6.79 Å². The molecule has 0 bridgehead atoms. The summed E-state index contributed by atoms with van der Waals surface area (Å²) in [5.74, 6) is 0.0769. The van der Waals surface area contributed by atoms with Crippen LogP contribution in [0.25, 0.3) is 10.6 Å². The molecule has 2 aromatic carbocycles. The van der Waals surface area contributed by atoms with E-state index in [1.807, 2.05) is 31.2 Å². The quantitative estimate of drug-likeness (QED) is 0.639. The molecule has 1 aliphatic rings. The van der Waals surface area contributed by atoms with Crippen LogP contribution in [0.1, 0.15) is 23.0 Å². The summed E-state index contributed by atoms with van der Waals surface area (Å²) in [6.45, 7) is 3.66. The first-order valence-electron chi connectivity index (χ1n) is 8.93. The first kappa shape index (κ1) is 18.9. The summed E-state index contributed by atoms with van der Waals surface area (Å²) >= 11 is 1.35. The minimum atomic E-state index is -0.988. The molecule has 0 aliphatic carbocycles. The number of carbonyl (C=O) groups is 2. The van der Waals surface area contributed by atoms with Crippen molar-refractivity contribution in [2.24, 2.45) is 0 Å². The number of nitrogens with zero attached hydrogens (tertiary/aromatic N) is 1. The number of hydrogen-bond donors (Lipinski definition) is 1. The number of nitrogens with one attached hydrogen (secondary N) is 1. The lowest BCUT2D eigenvalue weighted by molar-refractivity contribution is -0.123. The van der Waals surface area contributed by atoms with E-state index in [2.05, 4.69) is 10.3 Å². The third-order valence-corrected chi connectivity index (χ3v) is 5.20. The monoisotopic (exact) mass is 410 g/mol. The van der Waals surface area contributed by atoms with Crippen LogP contribution in [-0.4, -0.2) is 29.8 Å². The fourth-order valence-corrected chi connectivity index (χ4v) is 3.48. The Balaban J connectivity index is 1.37. The van der Waals surface area contributed by atoms with Gasteiger partial charge in [-0.1, -0.05) is 29.8 Å². The Morgan fingerprint density at radius 3 is 2.69 bits per heavy atom. The topological polar surface area (TPSA) is 86.8 Å². The van der Waals surface area contributed by atoms with Gasteiger partial charge in [0.1, 0.15) is 5.01 Å². The molecule has 1 atom stereocenters. The Labute approximate surface area is 171 Å². The molecule has 8 heteroatoms. The van der Waals surface area contributed by atoms with E-state index in [0.29, 0.717) is 17.2 Å². The number of amides is 1. The van der Waals surface area contributed by atoms with Crippen molar-refractivity contribution in [3.63, 3.8) is 0 Å². The van der Waals surface area contributed by atoms with Crippen LogP contribution in [0.4, 0.5) is 5.69 Å². The number of ether oxygens (including phenoxy) is 3. The average molecular weight is 410 g/mol. The van der Waals surface area contributed by atoms with E-state index in [1.54, 1.807) is 23.6 Å². The number of fused-ring (bicyclic) bond motifs is 1. The van der Waals surface area contributed by atoms with E-state index < -0.39 is 18.0 Å². The van der Waals surface area contributed by atoms with Crippen molar-refractivity contribution >= 4 is 28.9 Å². The highest BCUT2D eigenvalue weighted by Gasteiger charge is 2.22. The van der Waals surface area contributed by atoms with E-state index in [0.717, 1.165) is 16.1 Å². The number of aromatic nitrogens is 1. The molecule has 0 unspecified atom stereocenters. The zero-order chi connectivity index (χ0) is 20.4. The molecule has 0 saturated carbocycles. The number of esters is 1. The highest BCUT2D eigenvalue weighted by Crippen LogP contribution is 2.34. The van der Waals surface area contributed by atoms with Gasteiger partial charge < -0.3 is 19.5 Å². The Hall–Kier alpha value is -3.39. The van der Waals surface area contributed by atoms with E-state index in [1.165, 1.54) is 18.3 Å². The van der Waals surface area contributed by atoms with Crippen molar-refractivity contribution in [1.82, 2.24) is 4.98 Å². The zero-order valence-corrected chi connectivity index (χ0v) is 16.6. The van der Waals surface area contributed by atoms with Crippen LogP contribution in [0.15, 0.2) is 47.8 Å². The van der Waals surface area contributed by atoms with Gasteiger partial charge in [0, 0.05) is 22.7 Å². The normalized spacial score (nSPS) is 13.0. The summed E-state index contributed by atoms with van der Waals surface area (Å²) < 4.78 is 15.8. The number of benzene rings is 2. The van der Waals surface area contributed by atoms with Crippen molar-refractivity contribution in [3.05, 3.63) is 59.1 Å². The highest BCUT2D eigenvalue weighted by atomic mass is 32.1. The summed E-state index contributed by atoms with van der Waals surface area (Å²) in [6.07, 6.45) is -0.988. The fourth-order valence-electron chi connectivity index (χ4n) is 2.69. The summed E-state index contributed by atoms with van der Waals surface area (Å²) in [4.78, 5) is 29.1. The molecule has 1 aromatic heterocycles. The van der Waals surface area contributed by atoms with Crippen LogP contribution < -0.4 is 14.8 Å². The second-order valence-corrected chi connectivity index (χ2v) is 7.37. The van der Waals surface area contributed by atoms with Crippen LogP contribution in [0.5, 0.6) is 11.5 Å². The molecule has 1 aliphatic heterocycles. The van der Waals surface area contributed by atoms with Gasteiger partial charge in [0.15, 0.2) is 23.3 Å². The van der Waals surface area contributed by atoms with Crippen molar-refractivity contribution in [1.29, 1.82) is 0 Å². The van der Waals surface area contributed by atoms with Crippen molar-refractivity contribution in [3.8, 4) is 22.1 Å². The van der Waals surface area contributed by atoms with Crippen molar-refractivity contribution in [2.75, 3.05) is 12.1 Å². The Morgan fingerprint density at radius 1 is 1.14 bits per heavy atom. The van der Waals surface area contributed by atoms with Gasteiger partial charge in [-0.25, -0.2) is 9.78 Å². The lowest BCUT2D eigenvalue weighted by atomic mass is 10.2. The number of rotatable bonds is 5. The summed E-state index contributed by atoms with van der Waals surface area (Å²) in [6, 6.07) is 12.9. The summed E-state index contributed by atoms with van der Waals surface area (Å²) in [7, 11) is 0. The van der Waals surface area contributed by atoms with E-state index in [4.69, 9.17) is 14.2 Å². The Morgan fingerprint density at radius 2 is 1.90 bits per heavy atom. The molecule has 148 valence electrons. The predicted molar refractivity (Wildman–Crippen MR) is 108 cm³/mol. The average Bonchev–Trinajstić information content (AvgIpc) is 3.37. The third-order valence-electron chi connectivity index (χ3n) is 4.30. The van der Waals surface area contributed by atoms with Gasteiger partial charge in [-0.05, 0) is 26.0 Å². The molecule has 1 amide bonds. The zero-order valence-electron chi connectivity index (χ0n) is 15.8. The maximum atomic E-state index is 12.4. The van der Waals surface area contributed by atoms with Gasteiger partial charge in [-0.2, -0.15) is 0 Å². The standard InChI is InChI=1S/C21H18N2O5S/c1-12-3-5-14(6-4-12)20-23-16(10-29-20)21(25)28-13(2)19(24)22-15-7-8-17-18(9-15)27-11-26-17/h3-10,13H,11H2,1-2H3,(H,22,24)/t13-/m0/s1. The number of thiazole rings is 1. The minimum Gasteiger partial charge on any atom is -0.454 e. The molecular formula is C21H18N2O5S. The lowest BCUT2D eigenvalue weighted by Crippen LogP contribution is -2.30. The van der Waals surface area contributed by atoms with Gasteiger partial charge in [-0.3, -0.25) is 4.79 Å². The Bertz CT molecular complexity index is 1060. The van der Waals surface area contributed by atoms with Gasteiger partial charge >= 0.3 is 5.97 Å². The van der Waals surface area contributed by atoms with Gasteiger partial charge in [-0.15, -0.1) is 11.3 Å². The number of hydrogen-bond acceptors (Lipinski definition) is 7. The molecule has 1 N–H and O–H groups in total. The number of anilines is 1. The molecule has 0 fully saturated rings. The molecule has 29 heavy (non-hydrogen) atoms. The van der Waals surface area contributed by atoms with Crippen LogP contribution in [0, 0.1) is 6.92 Å². The summed E-state index contributed by atoms with van der Waals surface area (Å²) in [5.41, 5.74) is 2.77. The largest absolute Gasteiger partial charge is 0.454 e. The SMILES string of the molecule is Cc1ccc(-c2nc(C(=O)O[C@@H](C)C(=O)Nc3ccc4c(c3)OCO4)cs2)cc1. The minimum absolute atomic E-state index is 0.152. The van der Waals surface area contributed by atoms with E-state index >= 15 is 0 Å². The fraction of sp³-hybridized carbons (Fsp3) is 0.190. The van der Waals surface area contributed by atoms with Crippen LogP contribution in [0.3, 0.4) is 0 Å². The lowest BCUT2D eigenvalue weighted by Gasteiger charge is -2.13. The first-order valence-corrected chi connectivity index (χ1v) is 9.81. The molecule has 2 heterocycles. The van der Waals surface area contributed by atoms with E-state index in [-0.39, 0.29) is 12.5 Å². The maximum Gasteiger partial charge on any atom is 0.358 e. The molecule has 7 nitrogen and oxygen atoms in total. The van der Waals surface area contributed by atoms with Crippen LogP contribution >= 0.6 is 11.3 Å². The smallest absolute Gasteiger partial charge is 0.358 e. The first-order chi connectivity index (χ1) is 14.0. The second kappa shape index (κ2) is 7.92. The van der Waals surface area contributed by atoms with Crippen molar-refractivity contribution < 1.29 is 23.8 Å². The van der Waals surface area contributed by atoms with Crippen LogP contribution in [0.2, 0.25) is 0 Å². The molecular weight excluding hydrogens is 392 g/mol. The summed E-state index contributed by atoms with van der Waals surface area (Å²) in [5, 5.41) is 5.04. The Kier molecular flexibility index (Phi) is 5.18.